The topological polar surface area (TPSA) is 80.5 Å². The Morgan fingerprint density at radius 1 is 1.35 bits per heavy atom. The van der Waals surface area contributed by atoms with E-state index in [1.165, 1.54) is 6.07 Å². The van der Waals surface area contributed by atoms with Crippen LogP contribution in [0, 0.1) is 19.8 Å². The van der Waals surface area contributed by atoms with E-state index in [1.54, 1.807) is 24.8 Å². The van der Waals surface area contributed by atoms with Gasteiger partial charge in [-0.25, -0.2) is 13.6 Å². The molecule has 1 saturated heterocycles. The summed E-state index contributed by atoms with van der Waals surface area (Å²) >= 11 is 0. The molecule has 1 aliphatic heterocycles. The largest absolute Gasteiger partial charge is 0.338 e. The maximum atomic E-state index is 12.4. The number of rotatable bonds is 2. The highest BCUT2D eigenvalue weighted by molar-refractivity contribution is 7.89. The van der Waals surface area contributed by atoms with Gasteiger partial charge in [0.1, 0.15) is 0 Å². The fourth-order valence-corrected chi connectivity index (χ4v) is 3.43. The fraction of sp³-hybridized carbons (Fsp3) is 0.500. The predicted octanol–water partition coefficient (Wildman–Crippen LogP) is 1.43. The molecule has 2 N–H and O–H groups in total. The van der Waals surface area contributed by atoms with E-state index in [4.69, 9.17) is 5.14 Å². The maximum Gasteiger partial charge on any atom is 0.253 e. The second kappa shape index (κ2) is 5.18. The minimum absolute atomic E-state index is 0.0353. The molecule has 0 radical (unpaired) electrons. The molecule has 1 atom stereocenters. The quantitative estimate of drug-likeness (QED) is 0.896. The van der Waals surface area contributed by atoms with E-state index in [0.29, 0.717) is 17.0 Å². The molecule has 0 aliphatic carbocycles. The van der Waals surface area contributed by atoms with E-state index in [0.717, 1.165) is 25.1 Å². The smallest absolute Gasteiger partial charge is 0.253 e. The van der Waals surface area contributed by atoms with Crippen LogP contribution in [0.1, 0.15) is 34.8 Å². The molecule has 1 fully saturated rings. The lowest BCUT2D eigenvalue weighted by atomic mass is 10.1. The lowest BCUT2D eigenvalue weighted by molar-refractivity contribution is 0.0787. The Balaban J connectivity index is 2.43. The molecular weight excluding hydrogens is 276 g/mol. The van der Waals surface area contributed by atoms with Crippen LogP contribution in [0.5, 0.6) is 0 Å². The van der Waals surface area contributed by atoms with Gasteiger partial charge in [-0.1, -0.05) is 6.92 Å². The van der Waals surface area contributed by atoms with Crippen LogP contribution >= 0.6 is 0 Å². The van der Waals surface area contributed by atoms with Gasteiger partial charge in [-0.15, -0.1) is 0 Å². The van der Waals surface area contributed by atoms with Crippen molar-refractivity contribution in [3.05, 3.63) is 28.8 Å². The minimum Gasteiger partial charge on any atom is -0.338 e. The van der Waals surface area contributed by atoms with Gasteiger partial charge in [0, 0.05) is 18.7 Å². The molecule has 20 heavy (non-hydrogen) atoms. The normalized spacial score (nSPS) is 19.4. The summed E-state index contributed by atoms with van der Waals surface area (Å²) in [6.07, 6.45) is 0.985. The summed E-state index contributed by atoms with van der Waals surface area (Å²) < 4.78 is 23.2. The third kappa shape index (κ3) is 2.86. The summed E-state index contributed by atoms with van der Waals surface area (Å²) in [5.74, 6) is 0.366. The zero-order valence-electron chi connectivity index (χ0n) is 12.0. The highest BCUT2D eigenvalue weighted by atomic mass is 32.2. The van der Waals surface area contributed by atoms with Crippen molar-refractivity contribution < 1.29 is 13.2 Å². The number of carbonyl (C=O) groups excluding carboxylic acids is 1. The molecule has 2 rings (SSSR count). The van der Waals surface area contributed by atoms with Gasteiger partial charge < -0.3 is 4.90 Å². The third-order valence-corrected chi connectivity index (χ3v) is 4.92. The van der Waals surface area contributed by atoms with Crippen LogP contribution in [-0.2, 0) is 10.0 Å². The van der Waals surface area contributed by atoms with E-state index in [2.05, 4.69) is 6.92 Å². The first-order valence-corrected chi connectivity index (χ1v) is 8.18. The molecule has 1 aliphatic rings. The number of benzene rings is 1. The molecule has 5 nitrogen and oxygen atoms in total. The van der Waals surface area contributed by atoms with Gasteiger partial charge in [0.15, 0.2) is 0 Å². The molecular formula is C14H20N2O3S. The minimum atomic E-state index is -3.82. The van der Waals surface area contributed by atoms with E-state index in [1.807, 2.05) is 0 Å². The van der Waals surface area contributed by atoms with Gasteiger partial charge in [0.2, 0.25) is 10.0 Å². The molecule has 1 amide bonds. The van der Waals surface area contributed by atoms with Gasteiger partial charge in [-0.3, -0.25) is 4.79 Å². The Morgan fingerprint density at radius 3 is 2.50 bits per heavy atom. The Morgan fingerprint density at radius 2 is 2.00 bits per heavy atom. The predicted molar refractivity (Wildman–Crippen MR) is 77.0 cm³/mol. The summed E-state index contributed by atoms with van der Waals surface area (Å²) in [5, 5.41) is 5.22. The third-order valence-electron chi connectivity index (χ3n) is 3.88. The number of sulfonamides is 1. The summed E-state index contributed by atoms with van der Waals surface area (Å²) in [5.41, 5.74) is 1.75. The molecule has 0 aromatic heterocycles. The molecule has 0 saturated carbocycles. The SMILES string of the molecule is Cc1cc(C(=O)N2CCC(C)C2)cc(S(N)(=O)=O)c1C. The first-order valence-electron chi connectivity index (χ1n) is 6.63. The van der Waals surface area contributed by atoms with Crippen molar-refractivity contribution in [2.45, 2.75) is 32.1 Å². The number of hydrogen-bond donors (Lipinski definition) is 1. The average Bonchev–Trinajstić information content (AvgIpc) is 2.76. The molecule has 1 aromatic rings. The van der Waals surface area contributed by atoms with Crippen molar-refractivity contribution in [3.63, 3.8) is 0 Å². The van der Waals surface area contributed by atoms with Crippen molar-refractivity contribution >= 4 is 15.9 Å². The van der Waals surface area contributed by atoms with Gasteiger partial charge in [-0.2, -0.15) is 0 Å². The Hall–Kier alpha value is -1.40. The summed E-state index contributed by atoms with van der Waals surface area (Å²) in [6.45, 7) is 7.02. The number of primary sulfonamides is 1. The van der Waals surface area contributed by atoms with E-state index < -0.39 is 10.0 Å². The molecule has 1 heterocycles. The van der Waals surface area contributed by atoms with Gasteiger partial charge >= 0.3 is 0 Å². The number of nitrogens with two attached hydrogens (primary N) is 1. The van der Waals surface area contributed by atoms with Crippen LogP contribution in [0.25, 0.3) is 0 Å². The monoisotopic (exact) mass is 296 g/mol. The first kappa shape index (κ1) is 15.0. The van der Waals surface area contributed by atoms with E-state index in [9.17, 15) is 13.2 Å². The molecule has 1 aromatic carbocycles. The van der Waals surface area contributed by atoms with Gasteiger partial charge in [0.05, 0.1) is 4.90 Å². The summed E-state index contributed by atoms with van der Waals surface area (Å²) in [6, 6.07) is 3.12. The number of carbonyl (C=O) groups is 1. The Bertz CT molecular complexity index is 653. The highest BCUT2D eigenvalue weighted by Gasteiger charge is 2.26. The van der Waals surface area contributed by atoms with Gasteiger partial charge in [-0.05, 0) is 49.4 Å². The van der Waals surface area contributed by atoms with Crippen LogP contribution in [0.15, 0.2) is 17.0 Å². The number of aryl methyl sites for hydroxylation is 1. The van der Waals surface area contributed by atoms with E-state index in [-0.39, 0.29) is 10.8 Å². The van der Waals surface area contributed by atoms with Crippen LogP contribution in [0.4, 0.5) is 0 Å². The average molecular weight is 296 g/mol. The molecule has 6 heteroatoms. The standard InChI is InChI=1S/C14H20N2O3S/c1-9-4-5-16(8-9)14(17)12-6-10(2)11(3)13(7-12)20(15,18)19/h6-7,9H,4-5,8H2,1-3H3,(H2,15,18,19). The fourth-order valence-electron chi connectivity index (χ4n) is 2.55. The number of nitrogens with zero attached hydrogens (tertiary/aromatic N) is 1. The van der Waals surface area contributed by atoms with Crippen LogP contribution in [-0.4, -0.2) is 32.3 Å². The number of amides is 1. The van der Waals surface area contributed by atoms with Crippen molar-refractivity contribution in [1.82, 2.24) is 4.90 Å². The second-order valence-electron chi connectivity index (χ2n) is 5.61. The lowest BCUT2D eigenvalue weighted by Gasteiger charge is -2.17. The summed E-state index contributed by atoms with van der Waals surface area (Å²) in [7, 11) is -3.82. The molecule has 1 unspecified atom stereocenters. The van der Waals surface area contributed by atoms with Crippen molar-refractivity contribution in [2.75, 3.05) is 13.1 Å². The maximum absolute atomic E-state index is 12.4. The Labute approximate surface area is 119 Å². The molecule has 0 bridgehead atoms. The molecule has 110 valence electrons. The van der Waals surface area contributed by atoms with Crippen molar-refractivity contribution in [2.24, 2.45) is 11.1 Å². The Kier molecular flexibility index (Phi) is 3.88. The van der Waals surface area contributed by atoms with Crippen molar-refractivity contribution in [3.8, 4) is 0 Å². The van der Waals surface area contributed by atoms with E-state index >= 15 is 0 Å². The van der Waals surface area contributed by atoms with Gasteiger partial charge in [0.25, 0.3) is 5.91 Å². The van der Waals surface area contributed by atoms with Crippen LogP contribution in [0.2, 0.25) is 0 Å². The zero-order valence-corrected chi connectivity index (χ0v) is 12.8. The summed E-state index contributed by atoms with van der Waals surface area (Å²) in [4.78, 5) is 14.2. The zero-order chi connectivity index (χ0) is 15.1. The van der Waals surface area contributed by atoms with Crippen LogP contribution < -0.4 is 5.14 Å². The highest BCUT2D eigenvalue weighted by Crippen LogP contribution is 2.23. The molecule has 0 spiro atoms. The number of hydrogen-bond acceptors (Lipinski definition) is 3. The number of likely N-dealkylation sites (tertiary alicyclic amines) is 1. The second-order valence-corrected chi connectivity index (χ2v) is 7.14. The van der Waals surface area contributed by atoms with Crippen molar-refractivity contribution in [1.29, 1.82) is 0 Å². The lowest BCUT2D eigenvalue weighted by Crippen LogP contribution is -2.29. The first-order chi connectivity index (χ1) is 9.20. The van der Waals surface area contributed by atoms with Crippen LogP contribution in [0.3, 0.4) is 0 Å².